The maximum absolute atomic E-state index is 13.1. The Morgan fingerprint density at radius 3 is 2.63 bits per heavy atom. The van der Waals surface area contributed by atoms with E-state index in [1.807, 2.05) is 0 Å². The fourth-order valence-electron chi connectivity index (χ4n) is 2.90. The van der Waals surface area contributed by atoms with Crippen LogP contribution in [0.3, 0.4) is 0 Å². The molecule has 0 aromatic heterocycles. The zero-order valence-corrected chi connectivity index (χ0v) is 14.3. The van der Waals surface area contributed by atoms with Gasteiger partial charge in [0.15, 0.2) is 0 Å². The molecule has 1 saturated heterocycles. The van der Waals surface area contributed by atoms with E-state index in [2.05, 4.69) is 5.32 Å². The van der Waals surface area contributed by atoms with Gasteiger partial charge in [0.05, 0.1) is 23.6 Å². The van der Waals surface area contributed by atoms with Gasteiger partial charge in [-0.2, -0.15) is 0 Å². The van der Waals surface area contributed by atoms with Gasteiger partial charge >= 0.3 is 0 Å². The number of hydrogen-bond acceptors (Lipinski definition) is 5. The second kappa shape index (κ2) is 7.40. The Hall–Kier alpha value is -3.49. The summed E-state index contributed by atoms with van der Waals surface area (Å²) in [5.41, 5.74) is 0.468. The van der Waals surface area contributed by atoms with Crippen LogP contribution < -0.4 is 15.0 Å². The highest BCUT2D eigenvalue weighted by Gasteiger charge is 2.35. The number of nitrogens with one attached hydrogen (secondary N) is 1. The standard InChI is InChI=1S/C18H16FN3O5/c1-27-16-7-6-14(22(25)26)9-15(16)20-18(24)11-8-17(23)21(10-11)13-4-2-12(19)3-5-13/h2-7,9,11H,8,10H2,1H3,(H,20,24)/t11-/m0/s1. The lowest BCUT2D eigenvalue weighted by Crippen LogP contribution is -2.28. The molecule has 0 radical (unpaired) electrons. The Bertz CT molecular complexity index is 900. The van der Waals surface area contributed by atoms with E-state index in [4.69, 9.17) is 4.74 Å². The Morgan fingerprint density at radius 1 is 1.30 bits per heavy atom. The van der Waals surface area contributed by atoms with Crippen molar-refractivity contribution in [1.82, 2.24) is 0 Å². The quantitative estimate of drug-likeness (QED) is 0.641. The van der Waals surface area contributed by atoms with Crippen LogP contribution in [0.4, 0.5) is 21.5 Å². The number of methoxy groups -OCH3 is 1. The number of nitro groups is 1. The number of amides is 2. The molecule has 140 valence electrons. The first-order valence-electron chi connectivity index (χ1n) is 8.08. The Kier molecular flexibility index (Phi) is 5.02. The van der Waals surface area contributed by atoms with Crippen molar-refractivity contribution in [3.8, 4) is 5.75 Å². The maximum atomic E-state index is 13.1. The van der Waals surface area contributed by atoms with Gasteiger partial charge in [-0.1, -0.05) is 0 Å². The van der Waals surface area contributed by atoms with E-state index in [0.29, 0.717) is 5.69 Å². The molecule has 0 unspecified atom stereocenters. The summed E-state index contributed by atoms with van der Waals surface area (Å²) in [7, 11) is 1.38. The average Bonchev–Trinajstić information content (AvgIpc) is 3.04. The van der Waals surface area contributed by atoms with Crippen LogP contribution in [0.15, 0.2) is 42.5 Å². The highest BCUT2D eigenvalue weighted by Crippen LogP contribution is 2.31. The third kappa shape index (κ3) is 3.86. The summed E-state index contributed by atoms with van der Waals surface area (Å²) in [5.74, 6) is -1.50. The Balaban J connectivity index is 1.75. The molecule has 0 bridgehead atoms. The molecule has 3 rings (SSSR count). The molecule has 2 aromatic carbocycles. The average molecular weight is 373 g/mol. The van der Waals surface area contributed by atoms with Crippen LogP contribution in [-0.4, -0.2) is 30.4 Å². The lowest BCUT2D eigenvalue weighted by atomic mass is 10.1. The maximum Gasteiger partial charge on any atom is 0.271 e. The molecule has 1 heterocycles. The fraction of sp³-hybridized carbons (Fsp3) is 0.222. The number of halogens is 1. The highest BCUT2D eigenvalue weighted by atomic mass is 19.1. The second-order valence-corrected chi connectivity index (χ2v) is 6.01. The summed E-state index contributed by atoms with van der Waals surface area (Å²) < 4.78 is 18.2. The number of non-ortho nitro benzene ring substituents is 1. The number of nitrogens with zero attached hydrogens (tertiary/aromatic N) is 2. The van der Waals surface area contributed by atoms with E-state index < -0.39 is 22.6 Å². The molecule has 2 amide bonds. The molecule has 1 aliphatic heterocycles. The van der Waals surface area contributed by atoms with Gasteiger partial charge in [-0.3, -0.25) is 19.7 Å². The van der Waals surface area contributed by atoms with Gasteiger partial charge in [0, 0.05) is 30.8 Å². The van der Waals surface area contributed by atoms with Crippen molar-refractivity contribution in [2.75, 3.05) is 23.9 Å². The molecule has 1 N–H and O–H groups in total. The highest BCUT2D eigenvalue weighted by molar-refractivity contribution is 6.04. The van der Waals surface area contributed by atoms with E-state index in [-0.39, 0.29) is 36.0 Å². The molecule has 1 aliphatic rings. The number of carbonyl (C=O) groups is 2. The molecule has 1 atom stereocenters. The van der Waals surface area contributed by atoms with E-state index in [1.165, 1.54) is 54.5 Å². The first-order chi connectivity index (χ1) is 12.9. The number of hydrogen-bond donors (Lipinski definition) is 1. The van der Waals surface area contributed by atoms with E-state index in [1.54, 1.807) is 0 Å². The van der Waals surface area contributed by atoms with Crippen LogP contribution in [-0.2, 0) is 9.59 Å². The van der Waals surface area contributed by atoms with Crippen molar-refractivity contribution in [3.63, 3.8) is 0 Å². The van der Waals surface area contributed by atoms with Gasteiger partial charge < -0.3 is 15.0 Å². The molecule has 0 spiro atoms. The predicted molar refractivity (Wildman–Crippen MR) is 95.1 cm³/mol. The zero-order chi connectivity index (χ0) is 19.6. The van der Waals surface area contributed by atoms with Crippen LogP contribution >= 0.6 is 0 Å². The van der Waals surface area contributed by atoms with Crippen LogP contribution in [0.25, 0.3) is 0 Å². The molecular weight excluding hydrogens is 357 g/mol. The van der Waals surface area contributed by atoms with Crippen molar-refractivity contribution in [2.45, 2.75) is 6.42 Å². The molecule has 2 aromatic rings. The molecular formula is C18H16FN3O5. The topological polar surface area (TPSA) is 102 Å². The molecule has 0 aliphatic carbocycles. The third-order valence-corrected chi connectivity index (χ3v) is 4.29. The summed E-state index contributed by atoms with van der Waals surface area (Å²) in [6.07, 6.45) is -0.0134. The summed E-state index contributed by atoms with van der Waals surface area (Å²) in [4.78, 5) is 36.6. The van der Waals surface area contributed by atoms with Crippen molar-refractivity contribution >= 4 is 28.9 Å². The van der Waals surface area contributed by atoms with Gasteiger partial charge in [-0.05, 0) is 30.3 Å². The SMILES string of the molecule is COc1ccc([N+](=O)[O-])cc1NC(=O)[C@H]1CC(=O)N(c2ccc(F)cc2)C1. The van der Waals surface area contributed by atoms with Gasteiger partial charge in [-0.25, -0.2) is 4.39 Å². The van der Waals surface area contributed by atoms with Gasteiger partial charge in [0.2, 0.25) is 11.8 Å². The van der Waals surface area contributed by atoms with E-state index in [0.717, 1.165) is 0 Å². The molecule has 1 fully saturated rings. The van der Waals surface area contributed by atoms with Crippen LogP contribution in [0, 0.1) is 21.8 Å². The van der Waals surface area contributed by atoms with E-state index >= 15 is 0 Å². The van der Waals surface area contributed by atoms with E-state index in [9.17, 15) is 24.1 Å². The second-order valence-electron chi connectivity index (χ2n) is 6.01. The Morgan fingerprint density at radius 2 is 2.00 bits per heavy atom. The van der Waals surface area contributed by atoms with Gasteiger partial charge in [-0.15, -0.1) is 0 Å². The smallest absolute Gasteiger partial charge is 0.271 e. The van der Waals surface area contributed by atoms with Crippen LogP contribution in [0.2, 0.25) is 0 Å². The number of nitro benzene ring substituents is 1. The monoisotopic (exact) mass is 373 g/mol. The largest absolute Gasteiger partial charge is 0.495 e. The Labute approximate surface area is 153 Å². The van der Waals surface area contributed by atoms with Crippen molar-refractivity contribution < 1.29 is 23.6 Å². The zero-order valence-electron chi connectivity index (χ0n) is 14.3. The summed E-state index contributed by atoms with van der Waals surface area (Å²) in [6.45, 7) is 0.132. The normalized spacial score (nSPS) is 16.3. The molecule has 27 heavy (non-hydrogen) atoms. The minimum absolute atomic E-state index is 0.0134. The number of carbonyl (C=O) groups excluding carboxylic acids is 2. The summed E-state index contributed by atoms with van der Waals surface area (Å²) >= 11 is 0. The third-order valence-electron chi connectivity index (χ3n) is 4.29. The van der Waals surface area contributed by atoms with Crippen molar-refractivity contribution in [1.29, 1.82) is 0 Å². The first-order valence-corrected chi connectivity index (χ1v) is 8.08. The fourth-order valence-corrected chi connectivity index (χ4v) is 2.90. The number of rotatable bonds is 5. The van der Waals surface area contributed by atoms with Crippen LogP contribution in [0.5, 0.6) is 5.75 Å². The van der Waals surface area contributed by atoms with Crippen molar-refractivity contribution in [2.24, 2.45) is 5.92 Å². The minimum Gasteiger partial charge on any atom is -0.495 e. The lowest BCUT2D eigenvalue weighted by molar-refractivity contribution is -0.384. The number of benzene rings is 2. The predicted octanol–water partition coefficient (Wildman–Crippen LogP) is 2.73. The molecule has 0 saturated carbocycles. The van der Waals surface area contributed by atoms with Gasteiger partial charge in [0.1, 0.15) is 11.6 Å². The minimum atomic E-state index is -0.647. The number of ether oxygens (including phenoxy) is 1. The van der Waals surface area contributed by atoms with Crippen LogP contribution in [0.1, 0.15) is 6.42 Å². The van der Waals surface area contributed by atoms with Gasteiger partial charge in [0.25, 0.3) is 5.69 Å². The molecule has 8 nitrogen and oxygen atoms in total. The number of anilines is 2. The summed E-state index contributed by atoms with van der Waals surface area (Å²) in [5, 5.41) is 13.5. The first kappa shape index (κ1) is 18.3. The summed E-state index contributed by atoms with van der Waals surface area (Å²) in [6, 6.07) is 9.27. The lowest BCUT2D eigenvalue weighted by Gasteiger charge is -2.17. The molecule has 9 heteroatoms. The van der Waals surface area contributed by atoms with Crippen molar-refractivity contribution in [3.05, 3.63) is 58.4 Å².